The highest BCUT2D eigenvalue weighted by Crippen LogP contribution is 2.34. The summed E-state index contributed by atoms with van der Waals surface area (Å²) in [4.78, 5) is 12.2. The Morgan fingerprint density at radius 3 is 2.43 bits per heavy atom. The van der Waals surface area contributed by atoms with Crippen LogP contribution in [0.3, 0.4) is 0 Å². The van der Waals surface area contributed by atoms with Crippen LogP contribution in [0.1, 0.15) is 51.5 Å². The average molecular weight is 288 g/mol. The monoisotopic (exact) mass is 288 g/mol. The minimum atomic E-state index is -0.162. The highest BCUT2D eigenvalue weighted by molar-refractivity contribution is 5.94. The number of carbonyl (C=O) groups excluding carboxylic acids is 1. The minimum absolute atomic E-state index is 0.0401. The molecule has 1 aliphatic carbocycles. The van der Waals surface area contributed by atoms with Gasteiger partial charge in [-0.3, -0.25) is 4.79 Å². The van der Waals surface area contributed by atoms with E-state index < -0.39 is 0 Å². The summed E-state index contributed by atoms with van der Waals surface area (Å²) in [5.41, 5.74) is 2.42. The van der Waals surface area contributed by atoms with Crippen LogP contribution in [0.15, 0.2) is 24.3 Å². The van der Waals surface area contributed by atoms with Crippen LogP contribution in [0, 0.1) is 12.3 Å². The lowest BCUT2D eigenvalue weighted by Gasteiger charge is -2.34. The fourth-order valence-electron chi connectivity index (χ4n) is 2.96. The number of hydrogen-bond donors (Lipinski definition) is 2. The van der Waals surface area contributed by atoms with E-state index in [1.54, 1.807) is 0 Å². The van der Waals surface area contributed by atoms with E-state index in [4.69, 9.17) is 0 Å². The van der Waals surface area contributed by atoms with Gasteiger partial charge in [-0.25, -0.2) is 0 Å². The Bertz CT molecular complexity index is 461. The van der Waals surface area contributed by atoms with Crippen LogP contribution in [-0.4, -0.2) is 18.5 Å². The van der Waals surface area contributed by atoms with Crippen molar-refractivity contribution in [2.45, 2.75) is 58.9 Å². The first-order valence-electron chi connectivity index (χ1n) is 8.09. The largest absolute Gasteiger partial charge is 0.325 e. The van der Waals surface area contributed by atoms with Gasteiger partial charge in [0.15, 0.2) is 0 Å². The molecule has 1 aromatic carbocycles. The van der Waals surface area contributed by atoms with Gasteiger partial charge < -0.3 is 10.6 Å². The standard InChI is InChI=1S/C18H28N2O/c1-14-7-9-16(10-8-14)20-17(21)15(2)19-13-18(3)11-5-4-6-12-18/h7-10,15,19H,4-6,11-13H2,1-3H3,(H,20,21). The van der Waals surface area contributed by atoms with E-state index in [9.17, 15) is 4.79 Å². The zero-order valence-corrected chi connectivity index (χ0v) is 13.5. The molecular formula is C18H28N2O. The molecule has 1 aliphatic rings. The summed E-state index contributed by atoms with van der Waals surface area (Å²) in [5, 5.41) is 6.38. The molecule has 3 heteroatoms. The molecule has 0 bridgehead atoms. The summed E-state index contributed by atoms with van der Waals surface area (Å²) in [6, 6.07) is 7.75. The molecular weight excluding hydrogens is 260 g/mol. The van der Waals surface area contributed by atoms with Crippen molar-refractivity contribution in [1.82, 2.24) is 5.32 Å². The maximum Gasteiger partial charge on any atom is 0.241 e. The third-order valence-corrected chi connectivity index (χ3v) is 4.61. The summed E-state index contributed by atoms with van der Waals surface area (Å²) >= 11 is 0. The summed E-state index contributed by atoms with van der Waals surface area (Å²) in [5.74, 6) is 0.0401. The first kappa shape index (κ1) is 16.0. The number of carbonyl (C=O) groups is 1. The Balaban J connectivity index is 1.80. The fourth-order valence-corrected chi connectivity index (χ4v) is 2.96. The molecule has 1 aromatic rings. The molecule has 1 fully saturated rings. The molecule has 2 N–H and O–H groups in total. The lowest BCUT2D eigenvalue weighted by molar-refractivity contribution is -0.117. The molecule has 1 amide bonds. The Morgan fingerprint density at radius 2 is 1.81 bits per heavy atom. The van der Waals surface area contributed by atoms with Crippen LogP contribution >= 0.6 is 0 Å². The van der Waals surface area contributed by atoms with Crippen LogP contribution in [0.2, 0.25) is 0 Å². The lowest BCUT2D eigenvalue weighted by Crippen LogP contribution is -2.43. The smallest absolute Gasteiger partial charge is 0.241 e. The fraction of sp³-hybridized carbons (Fsp3) is 0.611. The zero-order valence-electron chi connectivity index (χ0n) is 13.5. The summed E-state index contributed by atoms with van der Waals surface area (Å²) in [7, 11) is 0. The van der Waals surface area contributed by atoms with E-state index in [-0.39, 0.29) is 11.9 Å². The van der Waals surface area contributed by atoms with Crippen LogP contribution in [0.5, 0.6) is 0 Å². The topological polar surface area (TPSA) is 41.1 Å². The van der Waals surface area contributed by atoms with E-state index in [0.29, 0.717) is 5.41 Å². The van der Waals surface area contributed by atoms with Crippen LogP contribution in [0.4, 0.5) is 5.69 Å². The molecule has 1 saturated carbocycles. The van der Waals surface area contributed by atoms with Crippen molar-refractivity contribution >= 4 is 11.6 Å². The zero-order chi connectivity index (χ0) is 15.3. The summed E-state index contributed by atoms with van der Waals surface area (Å²) < 4.78 is 0. The maximum atomic E-state index is 12.2. The third-order valence-electron chi connectivity index (χ3n) is 4.61. The highest BCUT2D eigenvalue weighted by Gasteiger charge is 2.27. The quantitative estimate of drug-likeness (QED) is 0.863. The molecule has 2 rings (SSSR count). The van der Waals surface area contributed by atoms with Crippen molar-refractivity contribution in [2.24, 2.45) is 5.41 Å². The van der Waals surface area contributed by atoms with E-state index in [0.717, 1.165) is 12.2 Å². The minimum Gasteiger partial charge on any atom is -0.325 e. The van der Waals surface area contributed by atoms with Gasteiger partial charge in [0.05, 0.1) is 6.04 Å². The Kier molecular flexibility index (Phi) is 5.40. The van der Waals surface area contributed by atoms with E-state index >= 15 is 0 Å². The second kappa shape index (κ2) is 7.08. The van der Waals surface area contributed by atoms with Crippen molar-refractivity contribution < 1.29 is 4.79 Å². The summed E-state index contributed by atoms with van der Waals surface area (Å²) in [6.45, 7) is 7.25. The molecule has 1 unspecified atom stereocenters. The number of nitrogens with one attached hydrogen (secondary N) is 2. The van der Waals surface area contributed by atoms with Crippen molar-refractivity contribution in [2.75, 3.05) is 11.9 Å². The van der Waals surface area contributed by atoms with Gasteiger partial charge in [0.25, 0.3) is 0 Å². The van der Waals surface area contributed by atoms with E-state index in [1.165, 1.54) is 37.7 Å². The number of amides is 1. The average Bonchev–Trinajstić information content (AvgIpc) is 2.48. The lowest BCUT2D eigenvalue weighted by atomic mass is 9.75. The number of aryl methyl sites for hydroxylation is 1. The molecule has 0 spiro atoms. The SMILES string of the molecule is Cc1ccc(NC(=O)C(C)NCC2(C)CCCCC2)cc1. The first-order chi connectivity index (χ1) is 9.98. The number of hydrogen-bond acceptors (Lipinski definition) is 2. The second-order valence-electron chi connectivity index (χ2n) is 6.83. The van der Waals surface area contributed by atoms with Gasteiger partial charge in [0.2, 0.25) is 5.91 Å². The maximum absolute atomic E-state index is 12.2. The van der Waals surface area contributed by atoms with E-state index in [2.05, 4.69) is 17.6 Å². The number of benzene rings is 1. The molecule has 0 heterocycles. The Labute approximate surface area is 128 Å². The number of rotatable bonds is 5. The predicted molar refractivity (Wildman–Crippen MR) is 88.5 cm³/mol. The molecule has 3 nitrogen and oxygen atoms in total. The number of anilines is 1. The Hall–Kier alpha value is -1.35. The van der Waals surface area contributed by atoms with Crippen LogP contribution in [-0.2, 0) is 4.79 Å². The normalized spacial score (nSPS) is 19.0. The molecule has 116 valence electrons. The molecule has 0 saturated heterocycles. The predicted octanol–water partition coefficient (Wildman–Crippen LogP) is 3.88. The molecule has 0 aliphatic heterocycles. The van der Waals surface area contributed by atoms with Crippen LogP contribution in [0.25, 0.3) is 0 Å². The molecule has 21 heavy (non-hydrogen) atoms. The van der Waals surface area contributed by atoms with Gasteiger partial charge in [-0.1, -0.05) is 43.9 Å². The van der Waals surface area contributed by atoms with Gasteiger partial charge in [-0.15, -0.1) is 0 Å². The van der Waals surface area contributed by atoms with E-state index in [1.807, 2.05) is 38.1 Å². The van der Waals surface area contributed by atoms with Crippen molar-refractivity contribution in [1.29, 1.82) is 0 Å². The van der Waals surface area contributed by atoms with Crippen LogP contribution < -0.4 is 10.6 Å². The third kappa shape index (κ3) is 4.85. The summed E-state index contributed by atoms with van der Waals surface area (Å²) in [6.07, 6.45) is 6.54. The van der Waals surface area contributed by atoms with Gasteiger partial charge >= 0.3 is 0 Å². The highest BCUT2D eigenvalue weighted by atomic mass is 16.2. The van der Waals surface area contributed by atoms with Gasteiger partial charge in [0.1, 0.15) is 0 Å². The first-order valence-corrected chi connectivity index (χ1v) is 8.09. The van der Waals surface area contributed by atoms with Crippen molar-refractivity contribution in [3.05, 3.63) is 29.8 Å². The Morgan fingerprint density at radius 1 is 1.19 bits per heavy atom. The van der Waals surface area contributed by atoms with Gasteiger partial charge in [-0.2, -0.15) is 0 Å². The van der Waals surface area contributed by atoms with Gasteiger partial charge in [0, 0.05) is 12.2 Å². The molecule has 0 aromatic heterocycles. The second-order valence-corrected chi connectivity index (χ2v) is 6.83. The van der Waals surface area contributed by atoms with Crippen molar-refractivity contribution in [3.63, 3.8) is 0 Å². The van der Waals surface area contributed by atoms with Gasteiger partial charge in [-0.05, 0) is 44.2 Å². The molecule has 0 radical (unpaired) electrons. The molecule has 1 atom stereocenters. The van der Waals surface area contributed by atoms with Crippen molar-refractivity contribution in [3.8, 4) is 0 Å².